The first kappa shape index (κ1) is 17.4. The summed E-state index contributed by atoms with van der Waals surface area (Å²) in [4.78, 5) is 13.7. The van der Waals surface area contributed by atoms with E-state index in [0.717, 1.165) is 18.7 Å². The van der Waals surface area contributed by atoms with E-state index in [9.17, 15) is 4.79 Å². The molecule has 1 amide bonds. The molecule has 120 valence electrons. The van der Waals surface area contributed by atoms with E-state index in [4.69, 9.17) is 4.74 Å². The Morgan fingerprint density at radius 1 is 1.48 bits per heavy atom. The first-order chi connectivity index (χ1) is 9.81. The van der Waals surface area contributed by atoms with Crippen molar-refractivity contribution in [1.82, 2.24) is 25.2 Å². The Morgan fingerprint density at radius 2 is 2.19 bits per heavy atom. The van der Waals surface area contributed by atoms with Crippen LogP contribution in [-0.4, -0.2) is 51.2 Å². The van der Waals surface area contributed by atoms with Gasteiger partial charge in [0.05, 0.1) is 5.69 Å². The van der Waals surface area contributed by atoms with Gasteiger partial charge < -0.3 is 15.0 Å². The van der Waals surface area contributed by atoms with Crippen LogP contribution in [0.5, 0.6) is 0 Å². The van der Waals surface area contributed by atoms with Crippen molar-refractivity contribution in [2.45, 2.75) is 46.3 Å². The zero-order valence-electron chi connectivity index (χ0n) is 13.7. The van der Waals surface area contributed by atoms with Gasteiger partial charge in [-0.05, 0) is 40.7 Å². The summed E-state index contributed by atoms with van der Waals surface area (Å²) < 4.78 is 7.04. The molecule has 0 atom stereocenters. The number of nitrogens with zero attached hydrogens (tertiary/aromatic N) is 4. The van der Waals surface area contributed by atoms with Crippen molar-refractivity contribution < 1.29 is 9.53 Å². The molecule has 0 aromatic carbocycles. The lowest BCUT2D eigenvalue weighted by atomic mass is 10.2. The van der Waals surface area contributed by atoms with Crippen molar-refractivity contribution in [3.05, 3.63) is 11.9 Å². The first-order valence-electron chi connectivity index (χ1n) is 7.35. The van der Waals surface area contributed by atoms with Crippen molar-refractivity contribution in [3.8, 4) is 0 Å². The van der Waals surface area contributed by atoms with Crippen LogP contribution in [0.2, 0.25) is 0 Å². The highest BCUT2D eigenvalue weighted by atomic mass is 16.6. The predicted molar refractivity (Wildman–Crippen MR) is 80.8 cm³/mol. The zero-order chi connectivity index (χ0) is 15.9. The Morgan fingerprint density at radius 3 is 2.71 bits per heavy atom. The minimum atomic E-state index is -0.450. The van der Waals surface area contributed by atoms with Gasteiger partial charge >= 0.3 is 6.09 Å². The summed E-state index contributed by atoms with van der Waals surface area (Å²) in [6.45, 7) is 10.4. The fourth-order valence-corrected chi connectivity index (χ4v) is 1.79. The van der Waals surface area contributed by atoms with Crippen LogP contribution in [0.25, 0.3) is 0 Å². The molecule has 0 aliphatic heterocycles. The van der Waals surface area contributed by atoms with Crippen molar-refractivity contribution in [1.29, 1.82) is 0 Å². The van der Waals surface area contributed by atoms with E-state index in [-0.39, 0.29) is 6.09 Å². The summed E-state index contributed by atoms with van der Waals surface area (Å²) in [7, 11) is 1.84. The van der Waals surface area contributed by atoms with E-state index in [0.29, 0.717) is 19.6 Å². The van der Waals surface area contributed by atoms with Crippen LogP contribution in [0.4, 0.5) is 4.79 Å². The molecule has 0 unspecified atom stereocenters. The second-order valence-corrected chi connectivity index (χ2v) is 5.97. The summed E-state index contributed by atoms with van der Waals surface area (Å²) in [6.07, 6.45) is 2.50. The first-order valence-corrected chi connectivity index (χ1v) is 7.35. The van der Waals surface area contributed by atoms with E-state index >= 15 is 0 Å². The number of hydrogen-bond acceptors (Lipinski definition) is 5. The van der Waals surface area contributed by atoms with Crippen LogP contribution < -0.4 is 5.32 Å². The third kappa shape index (κ3) is 7.08. The third-order valence-electron chi connectivity index (χ3n) is 2.77. The molecule has 1 aromatic rings. The monoisotopic (exact) mass is 297 g/mol. The van der Waals surface area contributed by atoms with Gasteiger partial charge in [-0.1, -0.05) is 5.21 Å². The van der Waals surface area contributed by atoms with Crippen LogP contribution >= 0.6 is 0 Å². The van der Waals surface area contributed by atoms with Gasteiger partial charge in [0.2, 0.25) is 0 Å². The number of rotatable bonds is 7. The molecule has 0 aliphatic rings. The van der Waals surface area contributed by atoms with Crippen molar-refractivity contribution in [3.63, 3.8) is 0 Å². The molecule has 0 radical (unpaired) electrons. The Hall–Kier alpha value is -1.63. The molecule has 7 nitrogen and oxygen atoms in total. The second kappa shape index (κ2) is 7.97. The van der Waals surface area contributed by atoms with E-state index in [1.807, 2.05) is 40.9 Å². The van der Waals surface area contributed by atoms with E-state index < -0.39 is 5.60 Å². The quantitative estimate of drug-likeness (QED) is 0.773. The molecule has 0 fully saturated rings. The van der Waals surface area contributed by atoms with Gasteiger partial charge in [-0.25, -0.2) is 4.79 Å². The molecule has 1 heterocycles. The molecule has 7 heteroatoms. The summed E-state index contributed by atoms with van der Waals surface area (Å²) in [5, 5.41) is 11.2. The lowest BCUT2D eigenvalue weighted by Crippen LogP contribution is -2.38. The van der Waals surface area contributed by atoms with E-state index in [1.54, 1.807) is 9.58 Å². The number of nitrogens with one attached hydrogen (secondary N) is 1. The summed E-state index contributed by atoms with van der Waals surface area (Å²) in [6, 6.07) is 0. The maximum absolute atomic E-state index is 11.9. The molecule has 0 spiro atoms. The van der Waals surface area contributed by atoms with Crippen LogP contribution in [0.15, 0.2) is 6.20 Å². The highest BCUT2D eigenvalue weighted by Gasteiger charge is 2.20. The van der Waals surface area contributed by atoms with Gasteiger partial charge in [0.1, 0.15) is 5.60 Å². The van der Waals surface area contributed by atoms with Gasteiger partial charge in [-0.3, -0.25) is 4.68 Å². The number of hydrogen-bond donors (Lipinski definition) is 1. The minimum absolute atomic E-state index is 0.251. The molecular formula is C14H27N5O2. The standard InChI is InChI=1S/C14H27N5O2/c1-6-19(13(20)21-14(2,3)4)9-7-8-15-10-12-11-18(5)17-16-12/h11,15H,6-10H2,1-5H3. The van der Waals surface area contributed by atoms with E-state index in [1.165, 1.54) is 0 Å². The molecule has 0 saturated heterocycles. The maximum Gasteiger partial charge on any atom is 0.410 e. The molecule has 21 heavy (non-hydrogen) atoms. The number of amides is 1. The highest BCUT2D eigenvalue weighted by molar-refractivity contribution is 5.68. The Balaban J connectivity index is 2.21. The van der Waals surface area contributed by atoms with Crippen LogP contribution in [-0.2, 0) is 18.3 Å². The molecule has 1 aromatic heterocycles. The third-order valence-corrected chi connectivity index (χ3v) is 2.77. The highest BCUT2D eigenvalue weighted by Crippen LogP contribution is 2.09. The number of ether oxygens (including phenoxy) is 1. The van der Waals surface area contributed by atoms with Gasteiger partial charge in [0, 0.05) is 32.9 Å². The fraction of sp³-hybridized carbons (Fsp3) is 0.786. The van der Waals surface area contributed by atoms with Crippen LogP contribution in [0.3, 0.4) is 0 Å². The Labute approximate surface area is 126 Å². The van der Waals surface area contributed by atoms with Gasteiger partial charge in [0.15, 0.2) is 0 Å². The topological polar surface area (TPSA) is 72.3 Å². The predicted octanol–water partition coefficient (Wildman–Crippen LogP) is 1.55. The summed E-state index contributed by atoms with van der Waals surface area (Å²) in [5.41, 5.74) is 0.464. The number of aryl methyl sites for hydroxylation is 1. The summed E-state index contributed by atoms with van der Waals surface area (Å²) in [5.74, 6) is 0. The van der Waals surface area contributed by atoms with Gasteiger partial charge in [0.25, 0.3) is 0 Å². The largest absolute Gasteiger partial charge is 0.444 e. The molecule has 0 bridgehead atoms. The maximum atomic E-state index is 11.9. The SMILES string of the molecule is CCN(CCCNCc1cn(C)nn1)C(=O)OC(C)(C)C. The van der Waals surface area contributed by atoms with Gasteiger partial charge in [-0.2, -0.15) is 0 Å². The molecule has 1 rings (SSSR count). The van der Waals surface area contributed by atoms with E-state index in [2.05, 4.69) is 15.6 Å². The second-order valence-electron chi connectivity index (χ2n) is 5.97. The zero-order valence-corrected chi connectivity index (χ0v) is 13.7. The lowest BCUT2D eigenvalue weighted by Gasteiger charge is -2.26. The average molecular weight is 297 g/mol. The summed E-state index contributed by atoms with van der Waals surface area (Å²) >= 11 is 0. The number of carbonyl (C=O) groups is 1. The average Bonchev–Trinajstić information content (AvgIpc) is 2.77. The molecule has 0 saturated carbocycles. The Bertz CT molecular complexity index is 439. The Kier molecular flexibility index (Phi) is 6.61. The van der Waals surface area contributed by atoms with Crippen LogP contribution in [0, 0.1) is 0 Å². The van der Waals surface area contributed by atoms with Crippen molar-refractivity contribution in [2.75, 3.05) is 19.6 Å². The molecule has 0 aliphatic carbocycles. The smallest absolute Gasteiger partial charge is 0.410 e. The number of carbonyl (C=O) groups excluding carboxylic acids is 1. The molecule has 1 N–H and O–H groups in total. The van der Waals surface area contributed by atoms with Gasteiger partial charge in [-0.15, -0.1) is 5.10 Å². The molecular weight excluding hydrogens is 270 g/mol. The van der Waals surface area contributed by atoms with Crippen molar-refractivity contribution in [2.24, 2.45) is 7.05 Å². The minimum Gasteiger partial charge on any atom is -0.444 e. The normalized spacial score (nSPS) is 11.5. The number of aromatic nitrogens is 3. The lowest BCUT2D eigenvalue weighted by molar-refractivity contribution is 0.0258. The fourth-order valence-electron chi connectivity index (χ4n) is 1.79. The van der Waals surface area contributed by atoms with Crippen molar-refractivity contribution >= 4 is 6.09 Å². The van der Waals surface area contributed by atoms with Crippen LogP contribution in [0.1, 0.15) is 39.8 Å².